The Labute approximate surface area is 217 Å². The molecule has 0 spiro atoms. The van der Waals surface area contributed by atoms with E-state index in [0.29, 0.717) is 35.3 Å². The fourth-order valence-corrected chi connectivity index (χ4v) is 5.58. The summed E-state index contributed by atoms with van der Waals surface area (Å²) < 4.78 is 33.2. The maximum atomic E-state index is 15.6. The molecule has 0 bridgehead atoms. The van der Waals surface area contributed by atoms with Gasteiger partial charge in [-0.3, -0.25) is 14.4 Å². The first-order chi connectivity index (χ1) is 18.1. The zero-order valence-electron chi connectivity index (χ0n) is 21.7. The lowest BCUT2D eigenvalue weighted by molar-refractivity contribution is -0.117. The van der Waals surface area contributed by atoms with Crippen LogP contribution >= 0.6 is 0 Å². The minimum Gasteiger partial charge on any atom is -0.310 e. The fourth-order valence-electron chi connectivity index (χ4n) is 5.58. The number of benzene rings is 2. The van der Waals surface area contributed by atoms with Crippen molar-refractivity contribution in [3.05, 3.63) is 64.5 Å². The molecule has 196 valence electrons. The molecule has 6 rings (SSSR count). The molecule has 0 radical (unpaired) electrons. The lowest BCUT2D eigenvalue weighted by atomic mass is 10.0. The van der Waals surface area contributed by atoms with Crippen LogP contribution in [-0.2, 0) is 18.3 Å². The Morgan fingerprint density at radius 2 is 1.76 bits per heavy atom. The van der Waals surface area contributed by atoms with Gasteiger partial charge in [-0.1, -0.05) is 0 Å². The molecule has 1 saturated heterocycles. The van der Waals surface area contributed by atoms with Crippen molar-refractivity contribution in [2.75, 3.05) is 16.3 Å². The summed E-state index contributed by atoms with van der Waals surface area (Å²) >= 11 is 0. The molecule has 4 aromatic rings. The van der Waals surface area contributed by atoms with Gasteiger partial charge in [-0.25, -0.2) is 23.2 Å². The normalized spacial score (nSPS) is 19.7. The van der Waals surface area contributed by atoms with Crippen LogP contribution in [0.2, 0.25) is 0 Å². The minimum atomic E-state index is -0.964. The molecule has 1 N–H and O–H groups in total. The standard InChI is InChI=1S/C27H27F2N7O2/c1-13-10-17(11-14(2)23(13)28)36-25(22-15(3)30-9-8-19(22)32-36)35-26(37)16(4)34(27(35)38)21-7-6-20-18(24(21)29)12-31-33(20)5/h6-7,10-12,15-16,30H,8-9H2,1-5H3/t15-,16?/m0/s1. The number of carbonyl (C=O) groups is 2. The predicted molar refractivity (Wildman–Crippen MR) is 139 cm³/mol. The van der Waals surface area contributed by atoms with Crippen LogP contribution in [0.15, 0.2) is 30.5 Å². The van der Waals surface area contributed by atoms with Crippen LogP contribution in [-0.4, -0.2) is 44.1 Å². The number of hydrogen-bond donors (Lipinski definition) is 1. The fraction of sp³-hybridized carbons (Fsp3) is 0.333. The number of hydrogen-bond acceptors (Lipinski definition) is 5. The van der Waals surface area contributed by atoms with Crippen molar-refractivity contribution in [1.29, 1.82) is 0 Å². The van der Waals surface area contributed by atoms with Crippen molar-refractivity contribution in [2.45, 2.75) is 46.2 Å². The number of rotatable bonds is 3. The van der Waals surface area contributed by atoms with E-state index < -0.39 is 23.8 Å². The van der Waals surface area contributed by atoms with Crippen LogP contribution in [0.4, 0.5) is 25.1 Å². The first kappa shape index (κ1) is 24.2. The zero-order chi connectivity index (χ0) is 27.0. The topological polar surface area (TPSA) is 88.3 Å². The number of fused-ring (bicyclic) bond motifs is 2. The van der Waals surface area contributed by atoms with Crippen LogP contribution in [0.5, 0.6) is 0 Å². The van der Waals surface area contributed by atoms with Crippen LogP contribution in [0.25, 0.3) is 16.6 Å². The van der Waals surface area contributed by atoms with Gasteiger partial charge in [0.2, 0.25) is 0 Å². The number of imide groups is 1. The third kappa shape index (κ3) is 3.31. The maximum absolute atomic E-state index is 15.6. The number of halogens is 2. The molecule has 11 heteroatoms. The number of amides is 3. The first-order valence-corrected chi connectivity index (χ1v) is 12.5. The van der Waals surface area contributed by atoms with Crippen LogP contribution in [0.1, 0.15) is 42.3 Å². The van der Waals surface area contributed by atoms with E-state index in [0.717, 1.165) is 16.2 Å². The maximum Gasteiger partial charge on any atom is 0.337 e. The van der Waals surface area contributed by atoms with Crippen molar-refractivity contribution in [3.8, 4) is 5.69 Å². The van der Waals surface area contributed by atoms with Gasteiger partial charge in [-0.05, 0) is 63.1 Å². The second-order valence-electron chi connectivity index (χ2n) is 10.0. The predicted octanol–water partition coefficient (Wildman–Crippen LogP) is 4.22. The highest BCUT2D eigenvalue weighted by Crippen LogP contribution is 2.40. The number of aryl methyl sites for hydroxylation is 3. The largest absolute Gasteiger partial charge is 0.337 e. The summed E-state index contributed by atoms with van der Waals surface area (Å²) in [6.07, 6.45) is 2.00. The van der Waals surface area contributed by atoms with E-state index in [1.54, 1.807) is 55.4 Å². The summed E-state index contributed by atoms with van der Waals surface area (Å²) in [5.74, 6) is -1.16. The van der Waals surface area contributed by atoms with Gasteiger partial charge in [-0.15, -0.1) is 0 Å². The molecule has 38 heavy (non-hydrogen) atoms. The number of nitrogens with zero attached hydrogens (tertiary/aromatic N) is 6. The molecule has 9 nitrogen and oxygen atoms in total. The van der Waals surface area contributed by atoms with Crippen molar-refractivity contribution >= 4 is 34.3 Å². The van der Waals surface area contributed by atoms with Gasteiger partial charge >= 0.3 is 6.03 Å². The molecule has 2 atom stereocenters. The molecule has 1 fully saturated rings. The molecule has 1 unspecified atom stereocenters. The molecule has 2 aliphatic heterocycles. The number of urea groups is 1. The van der Waals surface area contributed by atoms with E-state index in [-0.39, 0.29) is 28.8 Å². The smallest absolute Gasteiger partial charge is 0.310 e. The first-order valence-electron chi connectivity index (χ1n) is 12.5. The summed E-state index contributed by atoms with van der Waals surface area (Å²) in [5.41, 5.74) is 3.42. The summed E-state index contributed by atoms with van der Waals surface area (Å²) in [6, 6.07) is 4.62. The quantitative estimate of drug-likeness (QED) is 0.410. The van der Waals surface area contributed by atoms with E-state index in [4.69, 9.17) is 5.10 Å². The van der Waals surface area contributed by atoms with Crippen LogP contribution in [0, 0.1) is 25.5 Å². The van der Waals surface area contributed by atoms with Gasteiger partial charge in [0.15, 0.2) is 11.6 Å². The van der Waals surface area contributed by atoms with Gasteiger partial charge in [0, 0.05) is 31.6 Å². The highest BCUT2D eigenvalue weighted by molar-refractivity contribution is 6.28. The molecule has 2 aromatic carbocycles. The second-order valence-corrected chi connectivity index (χ2v) is 10.0. The monoisotopic (exact) mass is 519 g/mol. The molecular formula is C27H27F2N7O2. The molecule has 4 heterocycles. The molecule has 3 amide bonds. The number of carbonyl (C=O) groups excluding carboxylic acids is 2. The lowest BCUT2D eigenvalue weighted by Gasteiger charge is -2.24. The molecule has 0 aliphatic carbocycles. The average molecular weight is 520 g/mol. The van der Waals surface area contributed by atoms with Gasteiger partial charge in [-0.2, -0.15) is 10.2 Å². The van der Waals surface area contributed by atoms with E-state index in [1.807, 2.05) is 6.92 Å². The lowest BCUT2D eigenvalue weighted by Crippen LogP contribution is -2.37. The van der Waals surface area contributed by atoms with Crippen LogP contribution < -0.4 is 15.1 Å². The third-order valence-electron chi connectivity index (χ3n) is 7.56. The highest BCUT2D eigenvalue weighted by Gasteiger charge is 2.48. The third-order valence-corrected chi connectivity index (χ3v) is 7.56. The molecular weight excluding hydrogens is 492 g/mol. The highest BCUT2D eigenvalue weighted by atomic mass is 19.1. The van der Waals surface area contributed by atoms with Crippen molar-refractivity contribution in [3.63, 3.8) is 0 Å². The molecule has 0 saturated carbocycles. The number of anilines is 2. The Bertz CT molecular complexity index is 1630. The minimum absolute atomic E-state index is 0.00146. The Morgan fingerprint density at radius 1 is 1.05 bits per heavy atom. The summed E-state index contributed by atoms with van der Waals surface area (Å²) in [4.78, 5) is 30.0. The summed E-state index contributed by atoms with van der Waals surface area (Å²) in [6.45, 7) is 7.52. The Hall–Kier alpha value is -4.12. The van der Waals surface area contributed by atoms with E-state index in [2.05, 4.69) is 10.4 Å². The molecule has 2 aromatic heterocycles. The zero-order valence-corrected chi connectivity index (χ0v) is 21.7. The second kappa shape index (κ2) is 8.45. The SMILES string of the molecule is Cc1cc(-n2nc3c(c2N2C(=O)C(C)N(c4ccc5c(cnn5C)c4F)C2=O)[C@H](C)NCC3)cc(C)c1F. The summed E-state index contributed by atoms with van der Waals surface area (Å²) in [7, 11) is 1.70. The van der Waals surface area contributed by atoms with Gasteiger partial charge in [0.1, 0.15) is 11.9 Å². The Kier molecular flexibility index (Phi) is 5.39. The number of aromatic nitrogens is 4. The van der Waals surface area contributed by atoms with Gasteiger partial charge in [0.25, 0.3) is 5.91 Å². The number of nitrogens with one attached hydrogen (secondary N) is 1. The Balaban J connectivity index is 1.54. The van der Waals surface area contributed by atoms with Gasteiger partial charge < -0.3 is 5.32 Å². The van der Waals surface area contributed by atoms with E-state index in [9.17, 15) is 14.0 Å². The van der Waals surface area contributed by atoms with Crippen LogP contribution in [0.3, 0.4) is 0 Å². The molecule has 2 aliphatic rings. The summed E-state index contributed by atoms with van der Waals surface area (Å²) in [5, 5.41) is 12.5. The van der Waals surface area contributed by atoms with Crippen molar-refractivity contribution in [1.82, 2.24) is 24.9 Å². The van der Waals surface area contributed by atoms with E-state index in [1.165, 1.54) is 17.2 Å². The van der Waals surface area contributed by atoms with Crippen molar-refractivity contribution in [2.24, 2.45) is 7.05 Å². The van der Waals surface area contributed by atoms with E-state index >= 15 is 4.39 Å². The van der Waals surface area contributed by atoms with Gasteiger partial charge in [0.05, 0.1) is 34.2 Å². The average Bonchev–Trinajstić information content (AvgIpc) is 3.51. The Morgan fingerprint density at radius 3 is 2.47 bits per heavy atom. The van der Waals surface area contributed by atoms with Crippen molar-refractivity contribution < 1.29 is 18.4 Å².